The fourth-order valence-corrected chi connectivity index (χ4v) is 2.10. The average Bonchev–Trinajstić information content (AvgIpc) is 2.56. The molecule has 0 aromatic heterocycles. The maximum absolute atomic E-state index is 12.2. The molecule has 0 unspecified atom stereocenters. The van der Waals surface area contributed by atoms with E-state index in [0.29, 0.717) is 17.1 Å². The van der Waals surface area contributed by atoms with Gasteiger partial charge in [0.15, 0.2) is 0 Å². The number of methoxy groups -OCH3 is 1. The van der Waals surface area contributed by atoms with E-state index in [1.165, 1.54) is 55.6 Å². The highest BCUT2D eigenvalue weighted by atomic mass is 32.2. The van der Waals surface area contributed by atoms with Gasteiger partial charge in [-0.2, -0.15) is 17.2 Å². The topological polar surface area (TPSA) is 78.9 Å². The van der Waals surface area contributed by atoms with Crippen LogP contribution >= 0.6 is 0 Å². The minimum atomic E-state index is -4.96. The first-order chi connectivity index (χ1) is 11.3. The highest BCUT2D eigenvalue weighted by Crippen LogP contribution is 2.25. The summed E-state index contributed by atoms with van der Waals surface area (Å²) in [5, 5.41) is 0. The molecule has 2 aromatic rings. The lowest BCUT2D eigenvalue weighted by molar-refractivity contribution is 0.0600. The van der Waals surface area contributed by atoms with Gasteiger partial charge in [-0.3, -0.25) is 0 Å². The Morgan fingerprint density at radius 2 is 1.38 bits per heavy atom. The van der Waals surface area contributed by atoms with E-state index in [1.54, 1.807) is 0 Å². The normalized spacial score (nSPS) is 11.2. The number of hydrogen-bond acceptors (Lipinski definition) is 6. The molecule has 0 amide bonds. The van der Waals surface area contributed by atoms with Gasteiger partial charge in [-0.15, -0.1) is 0 Å². The van der Waals surface area contributed by atoms with Gasteiger partial charge in [-0.1, -0.05) is 0 Å². The molecule has 0 heterocycles. The van der Waals surface area contributed by atoms with Gasteiger partial charge in [0, 0.05) is 0 Å². The first kappa shape index (κ1) is 17.7. The summed E-state index contributed by atoms with van der Waals surface area (Å²) in [4.78, 5) is 11.3. The van der Waals surface area contributed by atoms with E-state index in [4.69, 9.17) is 4.74 Å². The summed E-state index contributed by atoms with van der Waals surface area (Å²) >= 11 is 0. The van der Waals surface area contributed by atoms with E-state index >= 15 is 0 Å². The van der Waals surface area contributed by atoms with Crippen LogP contribution in [-0.4, -0.2) is 27.3 Å². The van der Waals surface area contributed by atoms with Crippen LogP contribution in [0.15, 0.2) is 48.5 Å². The Balaban J connectivity index is 2.05. The number of ether oxygens (including phenoxy) is 2. The van der Waals surface area contributed by atoms with Crippen molar-refractivity contribution in [3.05, 3.63) is 54.1 Å². The second kappa shape index (κ2) is 7.26. The summed E-state index contributed by atoms with van der Waals surface area (Å²) in [6.45, 7) is 0. The van der Waals surface area contributed by atoms with Gasteiger partial charge in [-0.25, -0.2) is 4.79 Å². The smallest absolute Gasteiger partial charge is 0.372 e. The van der Waals surface area contributed by atoms with E-state index < -0.39 is 21.8 Å². The van der Waals surface area contributed by atoms with Crippen LogP contribution in [0.5, 0.6) is 17.2 Å². The Kier molecular flexibility index (Phi) is 5.35. The van der Waals surface area contributed by atoms with Gasteiger partial charge >= 0.3 is 21.8 Å². The van der Waals surface area contributed by atoms with Gasteiger partial charge in [0.2, 0.25) is 0 Å². The molecule has 128 valence electrons. The van der Waals surface area contributed by atoms with Crippen LogP contribution in [0.25, 0.3) is 0 Å². The second-order valence-electron chi connectivity index (χ2n) is 4.43. The molecule has 0 saturated carbocycles. The Morgan fingerprint density at radius 1 is 0.917 bits per heavy atom. The number of rotatable bonds is 6. The first-order valence-corrected chi connectivity index (χ1v) is 7.97. The molecule has 0 fully saturated rings. The van der Waals surface area contributed by atoms with Crippen LogP contribution in [0.1, 0.15) is 10.4 Å². The lowest BCUT2D eigenvalue weighted by Gasteiger charge is -2.08. The molecule has 0 saturated heterocycles. The van der Waals surface area contributed by atoms with Crippen molar-refractivity contribution in [3.63, 3.8) is 0 Å². The van der Waals surface area contributed by atoms with Crippen molar-refractivity contribution >= 4 is 16.1 Å². The molecule has 9 heteroatoms. The van der Waals surface area contributed by atoms with Crippen molar-refractivity contribution < 1.29 is 35.6 Å². The Hall–Kier alpha value is -2.68. The highest BCUT2D eigenvalue weighted by Gasteiger charge is 2.26. The first-order valence-electron chi connectivity index (χ1n) is 6.49. The molecule has 24 heavy (non-hydrogen) atoms. The molecule has 0 aliphatic rings. The van der Waals surface area contributed by atoms with E-state index in [2.05, 4.69) is 8.92 Å². The summed E-state index contributed by atoms with van der Waals surface area (Å²) < 4.78 is 60.6. The number of hydrogen-bond donors (Lipinski definition) is 0. The van der Waals surface area contributed by atoms with E-state index in [0.717, 1.165) is 0 Å². The molecule has 0 radical (unpaired) electrons. The molecule has 0 aliphatic heterocycles. The molecule has 6 nitrogen and oxygen atoms in total. The third-order valence-electron chi connectivity index (χ3n) is 2.77. The molecular weight excluding hydrogens is 346 g/mol. The van der Waals surface area contributed by atoms with Crippen LogP contribution in [0.4, 0.5) is 8.78 Å². The minimum absolute atomic E-state index is 0.260. The molecule has 2 rings (SSSR count). The third-order valence-corrected chi connectivity index (χ3v) is 3.63. The standard InChI is InChI=1S/C15H12F2O6S/c1-21-14(18)10-2-4-11(5-3-10)22-12-6-8-13(9-7-12)23-24(19,20)15(16)17/h2-9,15H,1H3. The lowest BCUT2D eigenvalue weighted by Crippen LogP contribution is -2.17. The molecule has 0 N–H and O–H groups in total. The van der Waals surface area contributed by atoms with Crippen molar-refractivity contribution in [2.24, 2.45) is 0 Å². The van der Waals surface area contributed by atoms with E-state index in [1.807, 2.05) is 0 Å². The predicted octanol–water partition coefficient (Wildman–Crippen LogP) is 3.20. The molecule has 2 aromatic carbocycles. The summed E-state index contributed by atoms with van der Waals surface area (Å²) in [5.41, 5.74) is 0.353. The van der Waals surface area contributed by atoms with Crippen molar-refractivity contribution in [1.29, 1.82) is 0 Å². The highest BCUT2D eigenvalue weighted by molar-refractivity contribution is 7.87. The minimum Gasteiger partial charge on any atom is -0.465 e. The quantitative estimate of drug-likeness (QED) is 0.583. The Morgan fingerprint density at radius 3 is 1.83 bits per heavy atom. The number of carbonyl (C=O) groups excluding carboxylic acids is 1. The van der Waals surface area contributed by atoms with Crippen molar-refractivity contribution in [2.75, 3.05) is 7.11 Å². The van der Waals surface area contributed by atoms with Gasteiger partial charge in [-0.05, 0) is 48.5 Å². The predicted molar refractivity (Wildman–Crippen MR) is 79.8 cm³/mol. The summed E-state index contributed by atoms with van der Waals surface area (Å²) in [7, 11) is -3.69. The van der Waals surface area contributed by atoms with Crippen LogP contribution < -0.4 is 8.92 Å². The average molecular weight is 358 g/mol. The van der Waals surface area contributed by atoms with Crippen LogP contribution in [0.3, 0.4) is 0 Å². The monoisotopic (exact) mass is 358 g/mol. The zero-order valence-corrected chi connectivity index (χ0v) is 13.1. The fraction of sp³-hybridized carbons (Fsp3) is 0.133. The number of esters is 1. The third kappa shape index (κ3) is 4.42. The number of halogens is 2. The molecule has 0 spiro atoms. The van der Waals surface area contributed by atoms with Gasteiger partial charge in [0.05, 0.1) is 12.7 Å². The SMILES string of the molecule is COC(=O)c1ccc(Oc2ccc(OS(=O)(=O)C(F)F)cc2)cc1. The van der Waals surface area contributed by atoms with E-state index in [9.17, 15) is 22.0 Å². The van der Waals surface area contributed by atoms with E-state index in [-0.39, 0.29) is 5.75 Å². The summed E-state index contributed by atoms with van der Waals surface area (Å²) in [6, 6.07) is 11.2. The maximum Gasteiger partial charge on any atom is 0.372 e. The van der Waals surface area contributed by atoms with Gasteiger partial charge in [0.1, 0.15) is 17.2 Å². The lowest BCUT2D eigenvalue weighted by atomic mass is 10.2. The number of carbonyl (C=O) groups is 1. The van der Waals surface area contributed by atoms with Crippen molar-refractivity contribution in [2.45, 2.75) is 5.76 Å². The Labute approximate surface area is 136 Å². The molecule has 0 bridgehead atoms. The number of alkyl halides is 2. The molecule has 0 atom stereocenters. The Bertz CT molecular complexity index is 801. The zero-order chi connectivity index (χ0) is 17.7. The van der Waals surface area contributed by atoms with Crippen LogP contribution in [-0.2, 0) is 14.9 Å². The number of benzene rings is 2. The van der Waals surface area contributed by atoms with Crippen molar-refractivity contribution in [3.8, 4) is 17.2 Å². The molecule has 0 aliphatic carbocycles. The van der Waals surface area contributed by atoms with Crippen molar-refractivity contribution in [1.82, 2.24) is 0 Å². The second-order valence-corrected chi connectivity index (χ2v) is 5.93. The molecular formula is C15H12F2O6S. The van der Waals surface area contributed by atoms with Crippen LogP contribution in [0, 0.1) is 0 Å². The van der Waals surface area contributed by atoms with Gasteiger partial charge in [0.25, 0.3) is 0 Å². The largest absolute Gasteiger partial charge is 0.465 e. The van der Waals surface area contributed by atoms with Gasteiger partial charge < -0.3 is 13.7 Å². The maximum atomic E-state index is 12.2. The zero-order valence-electron chi connectivity index (χ0n) is 12.3. The summed E-state index contributed by atoms with van der Waals surface area (Å²) in [6.07, 6.45) is 0. The summed E-state index contributed by atoms with van der Waals surface area (Å²) in [5.74, 6) is -3.63. The fourth-order valence-electron chi connectivity index (χ4n) is 1.65. The van der Waals surface area contributed by atoms with Crippen LogP contribution in [0.2, 0.25) is 0 Å².